The van der Waals surface area contributed by atoms with E-state index in [9.17, 15) is 8.42 Å². The zero-order valence-corrected chi connectivity index (χ0v) is 8.16. The number of hydrogen-bond acceptors (Lipinski definition) is 4. The van der Waals surface area contributed by atoms with Crippen LogP contribution in [0.5, 0.6) is 0 Å². The Hall–Kier alpha value is -1.41. The van der Waals surface area contributed by atoms with E-state index in [1.54, 1.807) is 12.1 Å². The van der Waals surface area contributed by atoms with Crippen LogP contribution in [-0.4, -0.2) is 18.1 Å². The molecule has 5 heteroatoms. The molecule has 0 bridgehead atoms. The molecule has 0 unspecified atom stereocenters. The molecule has 0 atom stereocenters. The molecule has 1 fully saturated rings. The van der Waals surface area contributed by atoms with Gasteiger partial charge in [0.1, 0.15) is 0 Å². The van der Waals surface area contributed by atoms with E-state index >= 15 is 0 Å². The molecule has 0 spiro atoms. The summed E-state index contributed by atoms with van der Waals surface area (Å²) in [6, 6.07) is 6.53. The summed E-state index contributed by atoms with van der Waals surface area (Å²) < 4.78 is 22.5. The Balaban J connectivity index is 2.51. The maximum absolute atomic E-state index is 11.9. The van der Waals surface area contributed by atoms with E-state index < -0.39 is 14.6 Å². The highest BCUT2D eigenvalue weighted by molar-refractivity contribution is 7.93. The van der Waals surface area contributed by atoms with E-state index in [0.29, 0.717) is 12.8 Å². The second kappa shape index (κ2) is 2.79. The van der Waals surface area contributed by atoms with Crippen molar-refractivity contribution in [3.05, 3.63) is 24.4 Å². The van der Waals surface area contributed by atoms with Gasteiger partial charge in [-0.25, -0.2) is 13.4 Å². The second-order valence-corrected chi connectivity index (χ2v) is 5.48. The molecule has 4 nitrogen and oxygen atoms in total. The minimum absolute atomic E-state index is 0.000880. The SMILES string of the molecule is N#CC1(S(=O)(=O)c2ccccn2)CC1. The molecule has 0 amide bonds. The van der Waals surface area contributed by atoms with Crippen molar-refractivity contribution in [1.82, 2.24) is 4.98 Å². The molecule has 1 aromatic heterocycles. The summed E-state index contributed by atoms with van der Waals surface area (Å²) in [4.78, 5) is 3.77. The normalized spacial score (nSPS) is 18.5. The zero-order valence-electron chi connectivity index (χ0n) is 7.34. The monoisotopic (exact) mass is 208 g/mol. The van der Waals surface area contributed by atoms with Crippen LogP contribution in [0.2, 0.25) is 0 Å². The molecule has 72 valence electrons. The van der Waals surface area contributed by atoms with Gasteiger partial charge in [-0.05, 0) is 25.0 Å². The average Bonchev–Trinajstić information content (AvgIpc) is 3.00. The third-order valence-electron chi connectivity index (χ3n) is 2.34. The predicted molar refractivity (Wildman–Crippen MR) is 49.0 cm³/mol. The number of pyridine rings is 1. The molecule has 0 saturated heterocycles. The van der Waals surface area contributed by atoms with Gasteiger partial charge in [0, 0.05) is 6.20 Å². The van der Waals surface area contributed by atoms with Gasteiger partial charge < -0.3 is 0 Å². The van der Waals surface area contributed by atoms with Crippen molar-refractivity contribution in [2.45, 2.75) is 22.6 Å². The Labute approximate surface area is 82.1 Å². The highest BCUT2D eigenvalue weighted by Crippen LogP contribution is 2.45. The van der Waals surface area contributed by atoms with Crippen LogP contribution in [0, 0.1) is 11.3 Å². The lowest BCUT2D eigenvalue weighted by atomic mass is 10.5. The number of aromatic nitrogens is 1. The van der Waals surface area contributed by atoms with E-state index in [4.69, 9.17) is 5.26 Å². The van der Waals surface area contributed by atoms with Gasteiger partial charge in [0.25, 0.3) is 0 Å². The topological polar surface area (TPSA) is 70.8 Å². The lowest BCUT2D eigenvalue weighted by Crippen LogP contribution is -2.22. The van der Waals surface area contributed by atoms with Crippen LogP contribution in [0.15, 0.2) is 29.4 Å². The minimum atomic E-state index is -3.55. The van der Waals surface area contributed by atoms with E-state index in [-0.39, 0.29) is 5.03 Å². The molecular weight excluding hydrogens is 200 g/mol. The maximum atomic E-state index is 11.9. The third-order valence-corrected chi connectivity index (χ3v) is 4.66. The summed E-state index contributed by atoms with van der Waals surface area (Å²) in [7, 11) is -3.55. The molecule has 0 aromatic carbocycles. The molecule has 1 aliphatic rings. The largest absolute Gasteiger partial charge is 0.245 e. The van der Waals surface area contributed by atoms with Gasteiger partial charge in [-0.3, -0.25) is 0 Å². The Kier molecular flexibility index (Phi) is 1.82. The average molecular weight is 208 g/mol. The summed E-state index contributed by atoms with van der Waals surface area (Å²) in [6.45, 7) is 0. The first kappa shape index (κ1) is 9.16. The quantitative estimate of drug-likeness (QED) is 0.724. The summed E-state index contributed by atoms with van der Waals surface area (Å²) >= 11 is 0. The molecular formula is C9H8N2O2S. The zero-order chi connectivity index (χ0) is 10.2. The lowest BCUT2D eigenvalue weighted by molar-refractivity contribution is 0.584. The van der Waals surface area contributed by atoms with Crippen molar-refractivity contribution in [2.24, 2.45) is 0 Å². The van der Waals surface area contributed by atoms with Crippen LogP contribution in [0.4, 0.5) is 0 Å². The van der Waals surface area contributed by atoms with Gasteiger partial charge in [0.05, 0.1) is 6.07 Å². The van der Waals surface area contributed by atoms with Crippen molar-refractivity contribution >= 4 is 9.84 Å². The van der Waals surface area contributed by atoms with Crippen LogP contribution in [0.1, 0.15) is 12.8 Å². The first-order chi connectivity index (χ1) is 6.62. The van der Waals surface area contributed by atoms with Crippen molar-refractivity contribution in [3.8, 4) is 6.07 Å². The van der Waals surface area contributed by atoms with Crippen molar-refractivity contribution in [3.63, 3.8) is 0 Å². The number of nitrogens with zero attached hydrogens (tertiary/aromatic N) is 2. The van der Waals surface area contributed by atoms with Crippen molar-refractivity contribution in [2.75, 3.05) is 0 Å². The molecule has 1 heterocycles. The minimum Gasteiger partial charge on any atom is -0.245 e. The van der Waals surface area contributed by atoms with Gasteiger partial charge in [-0.15, -0.1) is 0 Å². The lowest BCUT2D eigenvalue weighted by Gasteiger charge is -2.06. The number of hydrogen-bond donors (Lipinski definition) is 0. The molecule has 0 radical (unpaired) electrons. The van der Waals surface area contributed by atoms with Gasteiger partial charge in [0.2, 0.25) is 9.84 Å². The van der Waals surface area contributed by atoms with Crippen molar-refractivity contribution < 1.29 is 8.42 Å². The van der Waals surface area contributed by atoms with E-state index in [2.05, 4.69) is 4.98 Å². The molecule has 14 heavy (non-hydrogen) atoms. The maximum Gasteiger partial charge on any atom is 0.214 e. The van der Waals surface area contributed by atoms with Crippen LogP contribution in [-0.2, 0) is 9.84 Å². The predicted octanol–water partition coefficient (Wildman–Crippen LogP) is 0.911. The molecule has 1 aliphatic carbocycles. The van der Waals surface area contributed by atoms with Crippen molar-refractivity contribution in [1.29, 1.82) is 5.26 Å². The third kappa shape index (κ3) is 1.11. The van der Waals surface area contributed by atoms with E-state index in [0.717, 1.165) is 0 Å². The Morgan fingerprint density at radius 1 is 1.43 bits per heavy atom. The summed E-state index contributed by atoms with van der Waals surface area (Å²) in [6.07, 6.45) is 2.26. The fourth-order valence-electron chi connectivity index (χ4n) is 1.26. The number of nitriles is 1. The Morgan fingerprint density at radius 2 is 2.14 bits per heavy atom. The standard InChI is InChI=1S/C9H8N2O2S/c10-7-9(4-5-9)14(12,13)8-3-1-2-6-11-8/h1-3,6H,4-5H2. The molecule has 1 saturated carbocycles. The van der Waals surface area contributed by atoms with E-state index in [1.807, 2.05) is 6.07 Å². The number of sulfone groups is 1. The fourth-order valence-corrected chi connectivity index (χ4v) is 2.88. The second-order valence-electron chi connectivity index (χ2n) is 3.28. The summed E-state index contributed by atoms with van der Waals surface area (Å²) in [5.41, 5.74) is 0. The number of rotatable bonds is 2. The Bertz CT molecular complexity index is 483. The molecule has 1 aromatic rings. The van der Waals surface area contributed by atoms with Crippen LogP contribution in [0.3, 0.4) is 0 Å². The van der Waals surface area contributed by atoms with Gasteiger partial charge in [-0.1, -0.05) is 6.07 Å². The summed E-state index contributed by atoms with van der Waals surface area (Å²) in [5, 5.41) is 8.80. The van der Waals surface area contributed by atoms with Gasteiger partial charge in [0.15, 0.2) is 9.77 Å². The smallest absolute Gasteiger partial charge is 0.214 e. The highest BCUT2D eigenvalue weighted by Gasteiger charge is 2.56. The van der Waals surface area contributed by atoms with E-state index in [1.165, 1.54) is 12.3 Å². The first-order valence-electron chi connectivity index (χ1n) is 4.19. The van der Waals surface area contributed by atoms with Crippen LogP contribution >= 0.6 is 0 Å². The fraction of sp³-hybridized carbons (Fsp3) is 0.333. The summed E-state index contributed by atoms with van der Waals surface area (Å²) in [5.74, 6) is 0. The van der Waals surface area contributed by atoms with Gasteiger partial charge >= 0.3 is 0 Å². The molecule has 0 aliphatic heterocycles. The van der Waals surface area contributed by atoms with Gasteiger partial charge in [-0.2, -0.15) is 5.26 Å². The molecule has 0 N–H and O–H groups in total. The van der Waals surface area contributed by atoms with Crippen LogP contribution in [0.25, 0.3) is 0 Å². The molecule has 2 rings (SSSR count). The highest BCUT2D eigenvalue weighted by atomic mass is 32.2. The Morgan fingerprint density at radius 3 is 2.57 bits per heavy atom. The van der Waals surface area contributed by atoms with Crippen LogP contribution < -0.4 is 0 Å². The first-order valence-corrected chi connectivity index (χ1v) is 5.68.